The van der Waals surface area contributed by atoms with Gasteiger partial charge in [-0.05, 0) is 60.5 Å². The topological polar surface area (TPSA) is 91.2 Å². The first kappa shape index (κ1) is 23.7. The Hall–Kier alpha value is -4.63. The fraction of sp³-hybridized carbons (Fsp3) is 0.138. The molecule has 6 rings (SSSR count). The van der Waals surface area contributed by atoms with Gasteiger partial charge in [0, 0.05) is 5.69 Å². The van der Waals surface area contributed by atoms with Crippen LogP contribution in [0.2, 0.25) is 0 Å². The van der Waals surface area contributed by atoms with Gasteiger partial charge in [-0.3, -0.25) is 14.2 Å². The Balaban J connectivity index is 1.50. The van der Waals surface area contributed by atoms with E-state index in [2.05, 4.69) is 5.32 Å². The van der Waals surface area contributed by atoms with Crippen LogP contribution in [0, 0.1) is 0 Å². The molecule has 0 spiro atoms. The Morgan fingerprint density at radius 3 is 2.71 bits per heavy atom. The fourth-order valence-corrected chi connectivity index (χ4v) is 5.66. The van der Waals surface area contributed by atoms with Crippen molar-refractivity contribution >= 4 is 29.0 Å². The van der Waals surface area contributed by atoms with E-state index in [1.807, 2.05) is 72.8 Å². The highest BCUT2D eigenvalue weighted by atomic mass is 32.1. The second-order valence-electron chi connectivity index (χ2n) is 8.79. The molecule has 2 aliphatic rings. The van der Waals surface area contributed by atoms with Gasteiger partial charge in [-0.2, -0.15) is 0 Å². The van der Waals surface area contributed by atoms with Gasteiger partial charge in [-0.25, -0.2) is 4.99 Å². The number of aromatic nitrogens is 1. The molecule has 4 aromatic rings. The van der Waals surface area contributed by atoms with E-state index >= 15 is 0 Å². The number of rotatable bonds is 5. The molecule has 0 fully saturated rings. The first-order valence-electron chi connectivity index (χ1n) is 11.9. The average Bonchev–Trinajstić information content (AvgIpc) is 3.52. The van der Waals surface area contributed by atoms with E-state index < -0.39 is 6.04 Å². The molecule has 1 aromatic heterocycles. The van der Waals surface area contributed by atoms with Crippen molar-refractivity contribution in [1.29, 1.82) is 0 Å². The number of benzene rings is 3. The first-order chi connectivity index (χ1) is 18.5. The molecule has 0 saturated carbocycles. The van der Waals surface area contributed by atoms with Gasteiger partial charge in [-0.15, -0.1) is 0 Å². The van der Waals surface area contributed by atoms with E-state index in [0.29, 0.717) is 43.5 Å². The van der Waals surface area contributed by atoms with Gasteiger partial charge in [0.15, 0.2) is 16.3 Å². The summed E-state index contributed by atoms with van der Waals surface area (Å²) in [6.45, 7) is 1.97. The largest absolute Gasteiger partial charge is 0.497 e. The number of para-hydroxylation sites is 1. The Bertz CT molecular complexity index is 1770. The van der Waals surface area contributed by atoms with Crippen molar-refractivity contribution in [1.82, 2.24) is 4.57 Å². The maximum atomic E-state index is 13.9. The van der Waals surface area contributed by atoms with Crippen LogP contribution >= 0.6 is 11.3 Å². The molecule has 0 bridgehead atoms. The predicted molar refractivity (Wildman–Crippen MR) is 144 cm³/mol. The molecule has 1 N–H and O–H groups in total. The van der Waals surface area contributed by atoms with Crippen LogP contribution < -0.4 is 34.4 Å². The maximum absolute atomic E-state index is 13.9. The lowest BCUT2D eigenvalue weighted by molar-refractivity contribution is -0.113. The van der Waals surface area contributed by atoms with Crippen LogP contribution in [0.4, 0.5) is 5.69 Å². The number of amides is 1. The Morgan fingerprint density at radius 2 is 1.89 bits per heavy atom. The lowest BCUT2D eigenvalue weighted by Crippen LogP contribution is -2.40. The third-order valence-electron chi connectivity index (χ3n) is 6.40. The third kappa shape index (κ3) is 4.26. The van der Waals surface area contributed by atoms with Gasteiger partial charge in [0.2, 0.25) is 6.79 Å². The number of nitrogens with zero attached hydrogens (tertiary/aromatic N) is 2. The highest BCUT2D eigenvalue weighted by molar-refractivity contribution is 7.07. The number of methoxy groups -OCH3 is 1. The van der Waals surface area contributed by atoms with Gasteiger partial charge in [0.1, 0.15) is 5.75 Å². The van der Waals surface area contributed by atoms with Crippen LogP contribution in [-0.4, -0.2) is 24.4 Å². The number of carbonyl (C=O) groups is 1. The quantitative estimate of drug-likeness (QED) is 0.430. The number of allylic oxidation sites excluding steroid dienone is 1. The van der Waals surface area contributed by atoms with E-state index in [-0.39, 0.29) is 18.3 Å². The first-order valence-corrected chi connectivity index (χ1v) is 12.8. The summed E-state index contributed by atoms with van der Waals surface area (Å²) < 4.78 is 18.4. The highest BCUT2D eigenvalue weighted by Crippen LogP contribution is 2.34. The smallest absolute Gasteiger partial charge is 0.271 e. The predicted octanol–water partition coefficient (Wildman–Crippen LogP) is 3.61. The summed E-state index contributed by atoms with van der Waals surface area (Å²) in [6, 6.07) is 21.4. The molecule has 0 radical (unpaired) electrons. The minimum absolute atomic E-state index is 0.175. The Kier molecular flexibility index (Phi) is 6.05. The standard InChI is InChI=1S/C29H23N3O5S/c1-17-25(27(33)31-20-8-4-3-5-9-20)26(19-7-6-10-21(15-19)35-2)32-28(34)24(38-29(32)30-17)14-18-11-12-22-23(13-18)37-16-36-22/h3-15,26H,16H2,1-2H3,(H,31,33)/b24-14-/t26-/m0/s1. The second-order valence-corrected chi connectivity index (χ2v) is 9.80. The van der Waals surface area contributed by atoms with Gasteiger partial charge in [0.05, 0.1) is 29.0 Å². The van der Waals surface area contributed by atoms with Gasteiger partial charge in [-0.1, -0.05) is 47.7 Å². The lowest BCUT2D eigenvalue weighted by Gasteiger charge is -2.25. The van der Waals surface area contributed by atoms with Crippen LogP contribution in [0.5, 0.6) is 17.2 Å². The van der Waals surface area contributed by atoms with Crippen LogP contribution in [0.25, 0.3) is 6.08 Å². The monoisotopic (exact) mass is 525 g/mol. The fourth-order valence-electron chi connectivity index (χ4n) is 4.61. The maximum Gasteiger partial charge on any atom is 0.271 e. The number of thiazole rings is 1. The molecule has 0 unspecified atom stereocenters. The Morgan fingerprint density at radius 1 is 1.08 bits per heavy atom. The number of hydrogen-bond acceptors (Lipinski definition) is 7. The number of ether oxygens (including phenoxy) is 3. The summed E-state index contributed by atoms with van der Waals surface area (Å²) in [6.07, 6.45) is 1.80. The van der Waals surface area contributed by atoms with Crippen molar-refractivity contribution in [2.75, 3.05) is 19.2 Å². The molecular formula is C29H23N3O5S. The molecule has 38 heavy (non-hydrogen) atoms. The minimum Gasteiger partial charge on any atom is -0.497 e. The zero-order valence-corrected chi connectivity index (χ0v) is 21.5. The average molecular weight is 526 g/mol. The van der Waals surface area contributed by atoms with Crippen molar-refractivity contribution in [2.24, 2.45) is 4.99 Å². The summed E-state index contributed by atoms with van der Waals surface area (Å²) in [5.74, 6) is 1.61. The molecule has 3 heterocycles. The molecule has 1 amide bonds. The molecular weight excluding hydrogens is 502 g/mol. The second kappa shape index (κ2) is 9.68. The summed E-state index contributed by atoms with van der Waals surface area (Å²) >= 11 is 1.28. The Labute approximate surface area is 221 Å². The van der Waals surface area contributed by atoms with Gasteiger partial charge < -0.3 is 19.5 Å². The minimum atomic E-state index is -0.691. The molecule has 9 heteroatoms. The molecule has 190 valence electrons. The molecule has 1 atom stereocenters. The van der Waals surface area contributed by atoms with E-state index in [1.165, 1.54) is 11.3 Å². The highest BCUT2D eigenvalue weighted by Gasteiger charge is 2.32. The molecule has 3 aromatic carbocycles. The van der Waals surface area contributed by atoms with Crippen LogP contribution in [0.15, 0.2) is 93.9 Å². The summed E-state index contributed by atoms with van der Waals surface area (Å²) in [4.78, 5) is 32.7. The van der Waals surface area contributed by atoms with Gasteiger partial charge in [0.25, 0.3) is 11.5 Å². The summed E-state index contributed by atoms with van der Waals surface area (Å²) in [5.41, 5.74) is 2.90. The summed E-state index contributed by atoms with van der Waals surface area (Å²) in [5, 5.41) is 2.96. The van der Waals surface area contributed by atoms with E-state index in [4.69, 9.17) is 19.2 Å². The van der Waals surface area contributed by atoms with Crippen molar-refractivity contribution in [3.05, 3.63) is 115 Å². The third-order valence-corrected chi connectivity index (χ3v) is 7.38. The molecule has 0 aliphatic carbocycles. The van der Waals surface area contributed by atoms with Crippen LogP contribution in [0.1, 0.15) is 24.1 Å². The van der Waals surface area contributed by atoms with E-state index in [1.54, 1.807) is 24.7 Å². The molecule has 8 nitrogen and oxygen atoms in total. The SMILES string of the molecule is COc1cccc([C@H]2C(C(=O)Nc3ccccc3)=C(C)N=c3s/c(=C\c4ccc5c(c4)OCO5)c(=O)n32)c1. The van der Waals surface area contributed by atoms with Crippen LogP contribution in [0.3, 0.4) is 0 Å². The molecule has 0 saturated heterocycles. The zero-order chi connectivity index (χ0) is 26.2. The number of fused-ring (bicyclic) bond motifs is 2. The number of hydrogen-bond donors (Lipinski definition) is 1. The van der Waals surface area contributed by atoms with Crippen molar-refractivity contribution < 1.29 is 19.0 Å². The number of nitrogens with one attached hydrogen (secondary N) is 1. The van der Waals surface area contributed by atoms with Crippen molar-refractivity contribution in [2.45, 2.75) is 13.0 Å². The molecule has 2 aliphatic heterocycles. The van der Waals surface area contributed by atoms with Crippen molar-refractivity contribution in [3.8, 4) is 17.2 Å². The summed E-state index contributed by atoms with van der Waals surface area (Å²) in [7, 11) is 1.58. The van der Waals surface area contributed by atoms with E-state index in [0.717, 1.165) is 11.1 Å². The zero-order valence-electron chi connectivity index (χ0n) is 20.6. The number of anilines is 1. The normalized spacial score (nSPS) is 16.2. The van der Waals surface area contributed by atoms with Gasteiger partial charge >= 0.3 is 0 Å². The van der Waals surface area contributed by atoms with E-state index in [9.17, 15) is 9.59 Å². The number of carbonyl (C=O) groups excluding carboxylic acids is 1. The van der Waals surface area contributed by atoms with Crippen LogP contribution in [-0.2, 0) is 4.79 Å². The lowest BCUT2D eigenvalue weighted by atomic mass is 9.95. The van der Waals surface area contributed by atoms with Crippen molar-refractivity contribution in [3.63, 3.8) is 0 Å².